The van der Waals surface area contributed by atoms with Crippen LogP contribution in [-0.4, -0.2) is 72.1 Å². The van der Waals surface area contributed by atoms with Gasteiger partial charge in [-0.1, -0.05) is 0 Å². The quantitative estimate of drug-likeness (QED) is 0.435. The molecular formula is C14H29IN4S. The number of hydrogen-bond acceptors (Lipinski definition) is 3. The number of guanidine groups is 1. The molecule has 20 heavy (non-hydrogen) atoms. The molecule has 2 saturated heterocycles. The number of likely N-dealkylation sites (tertiary alicyclic amines) is 1. The topological polar surface area (TPSA) is 30.9 Å². The third-order valence-electron chi connectivity index (χ3n) is 3.69. The van der Waals surface area contributed by atoms with E-state index in [-0.39, 0.29) is 24.0 Å². The SMILES string of the molecule is CCNC(=NCCN1CCC1)N1CCSC(C)(C)C1.I. The molecule has 0 aliphatic carbocycles. The maximum atomic E-state index is 4.81. The summed E-state index contributed by atoms with van der Waals surface area (Å²) in [4.78, 5) is 9.71. The zero-order chi connectivity index (χ0) is 13.7. The molecule has 0 aromatic rings. The zero-order valence-corrected chi connectivity index (χ0v) is 16.2. The fourth-order valence-electron chi connectivity index (χ4n) is 2.53. The van der Waals surface area contributed by atoms with Gasteiger partial charge in [0, 0.05) is 36.7 Å². The van der Waals surface area contributed by atoms with Crippen molar-refractivity contribution < 1.29 is 0 Å². The molecule has 0 spiro atoms. The highest BCUT2D eigenvalue weighted by molar-refractivity contribution is 14.0. The minimum absolute atomic E-state index is 0. The molecule has 4 nitrogen and oxygen atoms in total. The molecule has 1 N–H and O–H groups in total. The summed E-state index contributed by atoms with van der Waals surface area (Å²) >= 11 is 2.07. The van der Waals surface area contributed by atoms with Crippen LogP contribution in [0.2, 0.25) is 0 Å². The van der Waals surface area contributed by atoms with Crippen LogP contribution in [0.4, 0.5) is 0 Å². The van der Waals surface area contributed by atoms with Crippen molar-refractivity contribution in [2.24, 2.45) is 4.99 Å². The summed E-state index contributed by atoms with van der Waals surface area (Å²) < 4.78 is 0.339. The Morgan fingerprint density at radius 3 is 2.60 bits per heavy atom. The van der Waals surface area contributed by atoms with Gasteiger partial charge in [0.25, 0.3) is 0 Å². The molecule has 2 heterocycles. The molecule has 0 atom stereocenters. The van der Waals surface area contributed by atoms with Gasteiger partial charge >= 0.3 is 0 Å². The summed E-state index contributed by atoms with van der Waals surface area (Å²) in [7, 11) is 0. The predicted molar refractivity (Wildman–Crippen MR) is 101 cm³/mol. The van der Waals surface area contributed by atoms with Gasteiger partial charge in [-0.2, -0.15) is 11.8 Å². The molecule has 2 fully saturated rings. The van der Waals surface area contributed by atoms with Crippen LogP contribution in [-0.2, 0) is 0 Å². The number of nitrogens with one attached hydrogen (secondary N) is 1. The van der Waals surface area contributed by atoms with E-state index in [4.69, 9.17) is 4.99 Å². The smallest absolute Gasteiger partial charge is 0.194 e. The first-order valence-electron chi connectivity index (χ1n) is 7.50. The van der Waals surface area contributed by atoms with Crippen LogP contribution in [0.3, 0.4) is 0 Å². The van der Waals surface area contributed by atoms with Crippen LogP contribution in [0.5, 0.6) is 0 Å². The van der Waals surface area contributed by atoms with Crippen molar-refractivity contribution in [2.45, 2.75) is 31.9 Å². The molecule has 0 unspecified atom stereocenters. The van der Waals surface area contributed by atoms with Crippen molar-refractivity contribution in [1.82, 2.24) is 15.1 Å². The lowest BCUT2D eigenvalue weighted by Crippen LogP contribution is -2.51. The number of nitrogens with zero attached hydrogens (tertiary/aromatic N) is 3. The molecular weight excluding hydrogens is 383 g/mol. The van der Waals surface area contributed by atoms with E-state index in [1.165, 1.54) is 25.3 Å². The number of thioether (sulfide) groups is 1. The van der Waals surface area contributed by atoms with Crippen LogP contribution in [0.25, 0.3) is 0 Å². The molecule has 0 bridgehead atoms. The first-order chi connectivity index (χ1) is 9.11. The van der Waals surface area contributed by atoms with Crippen molar-refractivity contribution in [2.75, 3.05) is 51.6 Å². The van der Waals surface area contributed by atoms with Gasteiger partial charge < -0.3 is 15.1 Å². The lowest BCUT2D eigenvalue weighted by atomic mass is 10.2. The Morgan fingerprint density at radius 2 is 2.05 bits per heavy atom. The minimum Gasteiger partial charge on any atom is -0.357 e. The fourth-order valence-corrected chi connectivity index (χ4v) is 3.64. The highest BCUT2D eigenvalue weighted by Gasteiger charge is 2.28. The van der Waals surface area contributed by atoms with Crippen LogP contribution in [0, 0.1) is 0 Å². The average molecular weight is 412 g/mol. The van der Waals surface area contributed by atoms with E-state index in [1.54, 1.807) is 0 Å². The van der Waals surface area contributed by atoms with Gasteiger partial charge in [-0.05, 0) is 40.3 Å². The Bertz CT molecular complexity index is 318. The Balaban J connectivity index is 0.00000200. The van der Waals surface area contributed by atoms with E-state index < -0.39 is 0 Å². The molecule has 2 rings (SSSR count). The average Bonchev–Trinajstić information content (AvgIpc) is 2.29. The second-order valence-corrected chi connectivity index (χ2v) is 7.76. The Kier molecular flexibility index (Phi) is 7.97. The summed E-state index contributed by atoms with van der Waals surface area (Å²) in [6.45, 7) is 14.5. The van der Waals surface area contributed by atoms with Crippen LogP contribution in [0.1, 0.15) is 27.2 Å². The van der Waals surface area contributed by atoms with Gasteiger partial charge in [0.2, 0.25) is 0 Å². The van der Waals surface area contributed by atoms with E-state index in [0.717, 1.165) is 38.7 Å². The first kappa shape index (κ1) is 18.4. The van der Waals surface area contributed by atoms with Gasteiger partial charge in [-0.25, -0.2) is 0 Å². The minimum atomic E-state index is 0. The number of halogens is 1. The highest BCUT2D eigenvalue weighted by Crippen LogP contribution is 2.29. The lowest BCUT2D eigenvalue weighted by Gasteiger charge is -2.39. The molecule has 6 heteroatoms. The largest absolute Gasteiger partial charge is 0.357 e. The van der Waals surface area contributed by atoms with Crippen LogP contribution in [0.15, 0.2) is 4.99 Å². The summed E-state index contributed by atoms with van der Waals surface area (Å²) in [5, 5.41) is 3.45. The summed E-state index contributed by atoms with van der Waals surface area (Å²) in [6.07, 6.45) is 1.36. The van der Waals surface area contributed by atoms with Crippen LogP contribution >= 0.6 is 35.7 Å². The van der Waals surface area contributed by atoms with Gasteiger partial charge in [-0.15, -0.1) is 24.0 Å². The van der Waals surface area contributed by atoms with Crippen molar-refractivity contribution in [3.8, 4) is 0 Å². The van der Waals surface area contributed by atoms with E-state index in [2.05, 4.69) is 47.6 Å². The Morgan fingerprint density at radius 1 is 1.30 bits per heavy atom. The van der Waals surface area contributed by atoms with Crippen molar-refractivity contribution >= 4 is 41.7 Å². The van der Waals surface area contributed by atoms with Gasteiger partial charge in [-0.3, -0.25) is 4.99 Å². The molecule has 0 radical (unpaired) electrons. The highest BCUT2D eigenvalue weighted by atomic mass is 127. The third-order valence-corrected chi connectivity index (χ3v) is 4.98. The molecule has 0 saturated carbocycles. The summed E-state index contributed by atoms with van der Waals surface area (Å²) in [6, 6.07) is 0. The lowest BCUT2D eigenvalue weighted by molar-refractivity contribution is 0.187. The maximum Gasteiger partial charge on any atom is 0.194 e. The monoisotopic (exact) mass is 412 g/mol. The van der Waals surface area contributed by atoms with E-state index in [0.29, 0.717) is 4.75 Å². The standard InChI is InChI=1S/C14H28N4S.HI/c1-4-15-13(16-6-9-17-7-5-8-17)18-10-11-19-14(2,3)12-18;/h4-12H2,1-3H3,(H,15,16);1H. The third kappa shape index (κ3) is 5.60. The normalized spacial score (nSPS) is 22.9. The van der Waals surface area contributed by atoms with Crippen molar-refractivity contribution in [3.05, 3.63) is 0 Å². The van der Waals surface area contributed by atoms with Crippen molar-refractivity contribution in [3.63, 3.8) is 0 Å². The second-order valence-electron chi connectivity index (χ2n) is 5.96. The predicted octanol–water partition coefficient (Wildman–Crippen LogP) is 2.10. The second kappa shape index (κ2) is 8.68. The maximum absolute atomic E-state index is 4.81. The van der Waals surface area contributed by atoms with Crippen LogP contribution < -0.4 is 5.32 Å². The molecule has 2 aliphatic rings. The molecule has 0 amide bonds. The fraction of sp³-hybridized carbons (Fsp3) is 0.929. The molecule has 0 aromatic heterocycles. The zero-order valence-electron chi connectivity index (χ0n) is 13.0. The first-order valence-corrected chi connectivity index (χ1v) is 8.49. The van der Waals surface area contributed by atoms with Crippen molar-refractivity contribution in [1.29, 1.82) is 0 Å². The molecule has 118 valence electrons. The Hall–Kier alpha value is 0.310. The van der Waals surface area contributed by atoms with Gasteiger partial charge in [0.05, 0.1) is 6.54 Å². The summed E-state index contributed by atoms with van der Waals surface area (Å²) in [5.41, 5.74) is 0. The van der Waals surface area contributed by atoms with Gasteiger partial charge in [0.15, 0.2) is 5.96 Å². The number of rotatable bonds is 4. The van der Waals surface area contributed by atoms with E-state index in [9.17, 15) is 0 Å². The van der Waals surface area contributed by atoms with E-state index in [1.807, 2.05) is 0 Å². The molecule has 0 aromatic carbocycles. The molecule has 2 aliphatic heterocycles. The number of aliphatic imine (C=N–C) groups is 1. The van der Waals surface area contributed by atoms with Gasteiger partial charge in [0.1, 0.15) is 0 Å². The Labute approximate surface area is 145 Å². The number of hydrogen-bond donors (Lipinski definition) is 1. The summed E-state index contributed by atoms with van der Waals surface area (Å²) in [5.74, 6) is 2.31. The van der Waals surface area contributed by atoms with E-state index >= 15 is 0 Å².